The molecule has 0 spiro atoms. The van der Waals surface area contributed by atoms with Crippen LogP contribution in [0.3, 0.4) is 0 Å². The second-order valence-electron chi connectivity index (χ2n) is 16.4. The van der Waals surface area contributed by atoms with Crippen molar-refractivity contribution in [3.05, 3.63) is 70.3 Å². The molecule has 2 saturated carbocycles. The second kappa shape index (κ2) is 16.9. The van der Waals surface area contributed by atoms with Gasteiger partial charge in [-0.2, -0.15) is 0 Å². The molecular formula is C44H61NO7. The van der Waals surface area contributed by atoms with E-state index in [1.165, 1.54) is 12.0 Å². The maximum absolute atomic E-state index is 14.4. The van der Waals surface area contributed by atoms with E-state index in [-0.39, 0.29) is 42.6 Å². The van der Waals surface area contributed by atoms with Crippen LogP contribution in [0, 0.1) is 11.3 Å². The van der Waals surface area contributed by atoms with E-state index in [0.29, 0.717) is 50.3 Å². The predicted molar refractivity (Wildman–Crippen MR) is 203 cm³/mol. The van der Waals surface area contributed by atoms with Crippen LogP contribution in [-0.4, -0.2) is 78.5 Å². The van der Waals surface area contributed by atoms with Crippen LogP contribution in [0.25, 0.3) is 0 Å². The zero-order valence-electron chi connectivity index (χ0n) is 32.0. The highest BCUT2D eigenvalue weighted by Gasteiger charge is 2.58. The van der Waals surface area contributed by atoms with Gasteiger partial charge in [0.1, 0.15) is 0 Å². The SMILES string of the molecule is COc1ccc(CC(=O)N(CC2CCCO2)CC2(O)CCC3c4ccc(cc4C(=O)C4CCCCC4)CC(O)CCC(C)=CCCC32C)cc1OC. The summed E-state index contributed by atoms with van der Waals surface area (Å²) in [6, 6.07) is 11.9. The first-order chi connectivity index (χ1) is 25.0. The van der Waals surface area contributed by atoms with Gasteiger partial charge < -0.3 is 29.3 Å². The number of rotatable bonds is 10. The lowest BCUT2D eigenvalue weighted by Gasteiger charge is -2.46. The number of hydrogen-bond acceptors (Lipinski definition) is 7. The molecule has 1 saturated heterocycles. The highest BCUT2D eigenvalue weighted by Crippen LogP contribution is 2.59. The first-order valence-electron chi connectivity index (χ1n) is 19.9. The molecule has 5 atom stereocenters. The molecular weight excluding hydrogens is 654 g/mol. The van der Waals surface area contributed by atoms with Crippen LogP contribution in [0.4, 0.5) is 0 Å². The maximum atomic E-state index is 14.4. The molecule has 0 aromatic heterocycles. The van der Waals surface area contributed by atoms with Crippen molar-refractivity contribution >= 4 is 11.7 Å². The zero-order chi connectivity index (χ0) is 36.9. The van der Waals surface area contributed by atoms with Gasteiger partial charge in [0.25, 0.3) is 0 Å². The van der Waals surface area contributed by atoms with Gasteiger partial charge in [0.15, 0.2) is 17.3 Å². The minimum Gasteiger partial charge on any atom is -0.493 e. The number of carbonyl (C=O) groups is 2. The van der Waals surface area contributed by atoms with Crippen molar-refractivity contribution in [1.82, 2.24) is 4.90 Å². The van der Waals surface area contributed by atoms with Crippen LogP contribution in [0.1, 0.15) is 130 Å². The number of aliphatic hydroxyl groups is 2. The smallest absolute Gasteiger partial charge is 0.227 e. The van der Waals surface area contributed by atoms with E-state index < -0.39 is 17.1 Å². The molecule has 4 aliphatic carbocycles. The van der Waals surface area contributed by atoms with E-state index in [1.54, 1.807) is 14.2 Å². The maximum Gasteiger partial charge on any atom is 0.227 e. The molecule has 8 heteroatoms. The Hall–Kier alpha value is -3.20. The molecule has 52 heavy (non-hydrogen) atoms. The number of carbonyl (C=O) groups excluding carboxylic acids is 2. The molecule has 2 N–H and O–H groups in total. The van der Waals surface area contributed by atoms with E-state index in [2.05, 4.69) is 38.1 Å². The highest BCUT2D eigenvalue weighted by molar-refractivity contribution is 5.99. The van der Waals surface area contributed by atoms with Crippen molar-refractivity contribution in [3.8, 4) is 11.5 Å². The van der Waals surface area contributed by atoms with Gasteiger partial charge in [-0.25, -0.2) is 0 Å². The van der Waals surface area contributed by atoms with Gasteiger partial charge in [0.2, 0.25) is 5.91 Å². The van der Waals surface area contributed by atoms with Crippen molar-refractivity contribution < 1.29 is 34.0 Å². The summed E-state index contributed by atoms with van der Waals surface area (Å²) in [6.07, 6.45) is 13.6. The van der Waals surface area contributed by atoms with Gasteiger partial charge in [0.05, 0.1) is 45.0 Å². The van der Waals surface area contributed by atoms with Gasteiger partial charge in [-0.3, -0.25) is 9.59 Å². The minimum atomic E-state index is -1.19. The molecule has 1 aliphatic heterocycles. The average molecular weight is 716 g/mol. The number of allylic oxidation sites excluding steroid dienone is 2. The summed E-state index contributed by atoms with van der Waals surface area (Å²) >= 11 is 0. The Morgan fingerprint density at radius 3 is 2.46 bits per heavy atom. The van der Waals surface area contributed by atoms with Crippen molar-refractivity contribution in [2.75, 3.05) is 33.9 Å². The Balaban J connectivity index is 1.36. The number of methoxy groups -OCH3 is 2. The van der Waals surface area contributed by atoms with E-state index >= 15 is 0 Å². The lowest BCUT2D eigenvalue weighted by molar-refractivity contribution is -0.141. The molecule has 7 rings (SSSR count). The molecule has 3 fully saturated rings. The molecule has 2 aromatic rings. The minimum absolute atomic E-state index is 0.0137. The van der Waals surface area contributed by atoms with Gasteiger partial charge in [-0.15, -0.1) is 0 Å². The van der Waals surface area contributed by atoms with Crippen molar-refractivity contribution in [1.29, 1.82) is 0 Å². The third kappa shape index (κ3) is 8.45. The molecule has 5 unspecified atom stereocenters. The number of nitrogens with zero attached hydrogens (tertiary/aromatic N) is 1. The van der Waals surface area contributed by atoms with Crippen LogP contribution in [0.15, 0.2) is 48.0 Å². The predicted octanol–water partition coefficient (Wildman–Crippen LogP) is 7.76. The Bertz CT molecular complexity index is 1590. The molecule has 1 heterocycles. The fourth-order valence-electron chi connectivity index (χ4n) is 9.68. The number of fused-ring (bicyclic) bond motifs is 8. The summed E-state index contributed by atoms with van der Waals surface area (Å²) in [6.45, 7) is 5.64. The summed E-state index contributed by atoms with van der Waals surface area (Å²) in [7, 11) is 3.19. The Morgan fingerprint density at radius 1 is 0.942 bits per heavy atom. The number of ether oxygens (including phenoxy) is 3. The lowest BCUT2D eigenvalue weighted by atomic mass is 9.64. The van der Waals surface area contributed by atoms with Crippen LogP contribution in [0.2, 0.25) is 0 Å². The summed E-state index contributed by atoms with van der Waals surface area (Å²) in [5.41, 5.74) is 3.04. The summed E-state index contributed by atoms with van der Waals surface area (Å²) in [5, 5.41) is 24.1. The molecule has 284 valence electrons. The Kier molecular flexibility index (Phi) is 12.5. The van der Waals surface area contributed by atoms with Gasteiger partial charge in [-0.05, 0) is 118 Å². The topological polar surface area (TPSA) is 106 Å². The summed E-state index contributed by atoms with van der Waals surface area (Å²) < 4.78 is 17.0. The zero-order valence-corrected chi connectivity index (χ0v) is 32.0. The third-order valence-corrected chi connectivity index (χ3v) is 13.0. The van der Waals surface area contributed by atoms with Crippen molar-refractivity contribution in [2.45, 2.75) is 134 Å². The Labute approximate surface area is 310 Å². The molecule has 0 radical (unpaired) electrons. The largest absolute Gasteiger partial charge is 0.493 e. The number of aliphatic hydroxyl groups excluding tert-OH is 1. The van der Waals surface area contributed by atoms with Crippen molar-refractivity contribution in [2.24, 2.45) is 11.3 Å². The highest BCUT2D eigenvalue weighted by atomic mass is 16.5. The van der Waals surface area contributed by atoms with Gasteiger partial charge in [-0.1, -0.05) is 56.0 Å². The van der Waals surface area contributed by atoms with E-state index in [0.717, 1.165) is 80.0 Å². The summed E-state index contributed by atoms with van der Waals surface area (Å²) in [4.78, 5) is 30.6. The van der Waals surface area contributed by atoms with E-state index in [1.807, 2.05) is 23.1 Å². The quantitative estimate of drug-likeness (QED) is 0.191. The monoisotopic (exact) mass is 715 g/mol. The number of ketones is 1. The van der Waals surface area contributed by atoms with Crippen LogP contribution in [-0.2, 0) is 22.4 Å². The number of hydrogen-bond donors (Lipinski definition) is 2. The number of amides is 1. The normalized spacial score (nSPS) is 28.5. The van der Waals surface area contributed by atoms with Gasteiger partial charge in [0, 0.05) is 30.0 Å². The average Bonchev–Trinajstić information content (AvgIpc) is 3.75. The van der Waals surface area contributed by atoms with Crippen molar-refractivity contribution in [3.63, 3.8) is 0 Å². The standard InChI is InChI=1S/C44H61NO7/c1-30-10-8-21-43(2)38(36-18-15-31(24-34(46)17-14-30)25-37(36)42(48)33-11-6-5-7-12-33)20-22-44(43,49)29-45(28-35-13-9-23-52-35)41(47)27-32-16-19-39(50-3)40(26-32)51-4/h10,15-16,18-19,25-26,33-35,38,46,49H,5-9,11-14,17,20-24,27-29H2,1-4H3. The first kappa shape index (κ1) is 38.5. The van der Waals surface area contributed by atoms with E-state index in [9.17, 15) is 19.8 Å². The second-order valence-corrected chi connectivity index (χ2v) is 16.4. The van der Waals surface area contributed by atoms with Gasteiger partial charge >= 0.3 is 0 Å². The summed E-state index contributed by atoms with van der Waals surface area (Å²) in [5.74, 6) is 1.29. The third-order valence-electron chi connectivity index (χ3n) is 13.0. The Morgan fingerprint density at radius 2 is 1.73 bits per heavy atom. The molecule has 2 aromatic carbocycles. The molecule has 8 nitrogen and oxygen atoms in total. The van der Waals surface area contributed by atoms with Crippen LogP contribution < -0.4 is 9.47 Å². The van der Waals surface area contributed by atoms with Crippen LogP contribution >= 0.6 is 0 Å². The molecule has 1 amide bonds. The molecule has 2 bridgehead atoms. The number of benzene rings is 2. The fraction of sp³-hybridized carbons (Fsp3) is 0.636. The first-order valence-corrected chi connectivity index (χ1v) is 19.9. The molecule has 5 aliphatic rings. The number of Topliss-reactive ketones (excluding diaryl/α,β-unsaturated/α-hetero) is 1. The van der Waals surface area contributed by atoms with E-state index in [4.69, 9.17) is 14.2 Å². The fourth-order valence-corrected chi connectivity index (χ4v) is 9.68. The van der Waals surface area contributed by atoms with Crippen LogP contribution in [0.5, 0.6) is 11.5 Å². The lowest BCUT2D eigenvalue weighted by Crippen LogP contribution is -2.55.